The van der Waals surface area contributed by atoms with E-state index in [1.165, 1.54) is 5.57 Å². The number of amides is 2. The number of carbonyl (C=O) groups excluding carboxylic acids is 3. The molecule has 0 aromatic heterocycles. The van der Waals surface area contributed by atoms with Crippen LogP contribution in [0.1, 0.15) is 51.9 Å². The number of hydrogen-bond acceptors (Lipinski definition) is 5. The van der Waals surface area contributed by atoms with E-state index in [1.54, 1.807) is 12.2 Å². The van der Waals surface area contributed by atoms with Crippen LogP contribution in [-0.4, -0.2) is 47.0 Å². The Morgan fingerprint density at radius 1 is 1.03 bits per heavy atom. The minimum atomic E-state index is -0.662. The first-order valence-electron chi connectivity index (χ1n) is 13.6. The maximum Gasteiger partial charge on any atom is 0.259 e. The zero-order chi connectivity index (χ0) is 25.4. The molecule has 36 heavy (non-hydrogen) atoms. The first kappa shape index (κ1) is 25.0. The van der Waals surface area contributed by atoms with Crippen molar-refractivity contribution in [3.05, 3.63) is 47.3 Å². The zero-order valence-electron chi connectivity index (χ0n) is 21.0. The van der Waals surface area contributed by atoms with E-state index in [4.69, 9.17) is 0 Å². The molecule has 3 fully saturated rings. The van der Waals surface area contributed by atoms with Crippen molar-refractivity contribution in [2.24, 2.45) is 41.4 Å². The normalized spacial score (nSPS) is 38.8. The summed E-state index contributed by atoms with van der Waals surface area (Å²) in [5, 5.41) is 26.5. The summed E-state index contributed by atoms with van der Waals surface area (Å²) in [6.07, 6.45) is 15.3. The van der Waals surface area contributed by atoms with E-state index in [9.17, 15) is 24.6 Å². The average Bonchev–Trinajstić information content (AvgIpc) is 3.49. The van der Waals surface area contributed by atoms with Gasteiger partial charge < -0.3 is 20.8 Å². The SMILES string of the molecule is CCC1=C[C@H]2C[C@@H]3[C@H](CC[C@@H]4C=CC(O)=C5C(=O)N[C@@H](CCCNC(=O)C=CC[C@@H]34)C5=O)[C@H]2[C@@H]1CO. The molecular weight excluding hydrogens is 456 g/mol. The van der Waals surface area contributed by atoms with Gasteiger partial charge in [-0.3, -0.25) is 14.4 Å². The Kier molecular flexibility index (Phi) is 7.20. The molecule has 2 amide bonds. The van der Waals surface area contributed by atoms with Gasteiger partial charge in [0, 0.05) is 19.1 Å². The standard InChI is InChI=1S/C29H38N2O5/c1-2-16-13-18-14-21-19-5-3-7-25(34)30-12-4-6-23-28(35)27(29(36)31-23)24(33)11-9-17(19)8-10-20(21)26(18)22(16)15-32/h3,7,9,11,13,17-23,26,32-33H,2,4-6,8,10,12,14-15H2,1H3,(H,30,34)(H,31,36)/t17-,18+,19-,20+,21+,22-,23+,26+/m1/s1. The molecule has 2 heterocycles. The van der Waals surface area contributed by atoms with Gasteiger partial charge in [0.2, 0.25) is 5.91 Å². The number of carbonyl (C=O) groups is 3. The number of hydrogen-bond donors (Lipinski definition) is 4. The number of aliphatic hydroxyl groups is 2. The van der Waals surface area contributed by atoms with Gasteiger partial charge in [-0.15, -0.1) is 0 Å². The predicted molar refractivity (Wildman–Crippen MR) is 135 cm³/mol. The first-order valence-corrected chi connectivity index (χ1v) is 13.6. The third-order valence-corrected chi connectivity index (χ3v) is 9.49. The number of ketones is 1. The second-order valence-electron chi connectivity index (χ2n) is 11.2. The fourth-order valence-corrected chi connectivity index (χ4v) is 7.93. The lowest BCUT2D eigenvalue weighted by Gasteiger charge is -2.41. The fourth-order valence-electron chi connectivity index (χ4n) is 7.93. The van der Waals surface area contributed by atoms with Crippen LogP contribution in [0.4, 0.5) is 0 Å². The Morgan fingerprint density at radius 3 is 2.64 bits per heavy atom. The highest BCUT2D eigenvalue weighted by atomic mass is 16.3. The van der Waals surface area contributed by atoms with Crippen molar-refractivity contribution >= 4 is 17.6 Å². The molecule has 0 unspecified atom stereocenters. The molecule has 4 N–H and O–H groups in total. The molecule has 5 rings (SSSR count). The number of allylic oxidation sites excluding steroid dienone is 4. The summed E-state index contributed by atoms with van der Waals surface area (Å²) in [7, 11) is 0. The van der Waals surface area contributed by atoms with Crippen LogP contribution in [0.2, 0.25) is 0 Å². The van der Waals surface area contributed by atoms with Gasteiger partial charge in [-0.2, -0.15) is 0 Å². The van der Waals surface area contributed by atoms with Gasteiger partial charge in [0.25, 0.3) is 5.91 Å². The molecule has 2 saturated carbocycles. The molecule has 0 aromatic carbocycles. The molecule has 5 aliphatic rings. The van der Waals surface area contributed by atoms with Gasteiger partial charge in [-0.25, -0.2) is 0 Å². The molecule has 0 aromatic rings. The highest BCUT2D eigenvalue weighted by Crippen LogP contribution is 2.60. The molecule has 3 aliphatic carbocycles. The molecule has 0 spiro atoms. The lowest BCUT2D eigenvalue weighted by Crippen LogP contribution is -2.35. The minimum absolute atomic E-state index is 0.138. The third-order valence-electron chi connectivity index (χ3n) is 9.49. The minimum Gasteiger partial charge on any atom is -0.507 e. The molecule has 0 radical (unpaired) electrons. The largest absolute Gasteiger partial charge is 0.507 e. The maximum atomic E-state index is 12.8. The summed E-state index contributed by atoms with van der Waals surface area (Å²) in [5.74, 6) is 1.40. The lowest BCUT2D eigenvalue weighted by molar-refractivity contribution is -0.118. The summed E-state index contributed by atoms with van der Waals surface area (Å²) >= 11 is 0. The second kappa shape index (κ2) is 10.4. The molecule has 7 heteroatoms. The number of aliphatic hydroxyl groups excluding tert-OH is 2. The predicted octanol–water partition coefficient (Wildman–Crippen LogP) is 3.13. The van der Waals surface area contributed by atoms with E-state index in [-0.39, 0.29) is 41.5 Å². The van der Waals surface area contributed by atoms with Gasteiger partial charge in [0.1, 0.15) is 11.3 Å². The summed E-state index contributed by atoms with van der Waals surface area (Å²) in [6, 6.07) is -0.662. The maximum absolute atomic E-state index is 12.8. The van der Waals surface area contributed by atoms with E-state index in [2.05, 4.69) is 23.6 Å². The van der Waals surface area contributed by atoms with Crippen LogP contribution in [0.15, 0.2) is 47.3 Å². The second-order valence-corrected chi connectivity index (χ2v) is 11.2. The first-order chi connectivity index (χ1) is 17.4. The number of nitrogens with one attached hydrogen (secondary N) is 2. The van der Waals surface area contributed by atoms with E-state index in [1.807, 2.05) is 12.2 Å². The average molecular weight is 495 g/mol. The summed E-state index contributed by atoms with van der Waals surface area (Å²) in [4.78, 5) is 37.6. The van der Waals surface area contributed by atoms with Crippen LogP contribution in [0.3, 0.4) is 0 Å². The molecule has 194 valence electrons. The molecule has 2 aliphatic heterocycles. The van der Waals surface area contributed by atoms with Gasteiger partial charge in [-0.05, 0) is 92.6 Å². The highest BCUT2D eigenvalue weighted by molar-refractivity contribution is 6.27. The molecule has 7 nitrogen and oxygen atoms in total. The monoisotopic (exact) mass is 494 g/mol. The highest BCUT2D eigenvalue weighted by Gasteiger charge is 2.53. The van der Waals surface area contributed by atoms with Crippen LogP contribution in [-0.2, 0) is 14.4 Å². The van der Waals surface area contributed by atoms with Gasteiger partial charge in [-0.1, -0.05) is 30.7 Å². The Balaban J connectivity index is 1.44. The van der Waals surface area contributed by atoms with Crippen molar-refractivity contribution in [2.45, 2.75) is 57.9 Å². The number of fused-ring (bicyclic) bond motifs is 7. The van der Waals surface area contributed by atoms with E-state index in [0.29, 0.717) is 49.0 Å². The van der Waals surface area contributed by atoms with Crippen molar-refractivity contribution in [3.63, 3.8) is 0 Å². The zero-order valence-corrected chi connectivity index (χ0v) is 21.0. The van der Waals surface area contributed by atoms with E-state index < -0.39 is 11.9 Å². The van der Waals surface area contributed by atoms with Crippen LogP contribution in [0.5, 0.6) is 0 Å². The van der Waals surface area contributed by atoms with Crippen LogP contribution in [0.25, 0.3) is 0 Å². The Hall–Kier alpha value is -2.67. The van der Waals surface area contributed by atoms with E-state index >= 15 is 0 Å². The smallest absolute Gasteiger partial charge is 0.259 e. The van der Waals surface area contributed by atoms with Crippen LogP contribution in [0, 0.1) is 41.4 Å². The molecular formula is C29H38N2O5. The van der Waals surface area contributed by atoms with E-state index in [0.717, 1.165) is 32.1 Å². The Morgan fingerprint density at radius 2 is 1.86 bits per heavy atom. The summed E-state index contributed by atoms with van der Waals surface area (Å²) in [6.45, 7) is 2.80. The molecule has 1 saturated heterocycles. The van der Waals surface area contributed by atoms with Gasteiger partial charge in [0.15, 0.2) is 5.78 Å². The number of rotatable bonds is 2. The lowest BCUT2D eigenvalue weighted by atomic mass is 9.63. The van der Waals surface area contributed by atoms with Crippen LogP contribution < -0.4 is 10.6 Å². The summed E-state index contributed by atoms with van der Waals surface area (Å²) < 4.78 is 0. The summed E-state index contributed by atoms with van der Waals surface area (Å²) in [5.41, 5.74) is 1.24. The van der Waals surface area contributed by atoms with Gasteiger partial charge in [0.05, 0.1) is 6.04 Å². The van der Waals surface area contributed by atoms with Crippen molar-refractivity contribution in [1.82, 2.24) is 10.6 Å². The van der Waals surface area contributed by atoms with Crippen molar-refractivity contribution in [1.29, 1.82) is 0 Å². The Bertz CT molecular complexity index is 1040. The third kappa shape index (κ3) is 4.47. The topological polar surface area (TPSA) is 116 Å². The van der Waals surface area contributed by atoms with Crippen molar-refractivity contribution in [2.75, 3.05) is 13.2 Å². The van der Waals surface area contributed by atoms with Crippen molar-refractivity contribution < 1.29 is 24.6 Å². The fraction of sp³-hybridized carbons (Fsp3) is 0.621. The molecule has 8 atom stereocenters. The Labute approximate surface area is 212 Å². The van der Waals surface area contributed by atoms with Crippen molar-refractivity contribution in [3.8, 4) is 0 Å². The van der Waals surface area contributed by atoms with Gasteiger partial charge >= 0.3 is 0 Å². The van der Waals surface area contributed by atoms with Crippen LogP contribution >= 0.6 is 0 Å². The quantitative estimate of drug-likeness (QED) is 0.348. The number of Topliss-reactive ketones (excluding diaryl/α,β-unsaturated/α-hetero) is 1. The molecule has 2 bridgehead atoms.